The predicted molar refractivity (Wildman–Crippen MR) is 74.9 cm³/mol. The Labute approximate surface area is 136 Å². The largest absolute Gasteiger partial charge is 0.417 e. The van der Waals surface area contributed by atoms with Crippen LogP contribution in [0.4, 0.5) is 32.0 Å². The molecule has 1 amide bonds. The van der Waals surface area contributed by atoms with Gasteiger partial charge in [-0.15, -0.1) is 0 Å². The number of benzene rings is 1. The second-order valence-corrected chi connectivity index (χ2v) is 5.46. The van der Waals surface area contributed by atoms with Crippen LogP contribution < -0.4 is 5.32 Å². The van der Waals surface area contributed by atoms with Gasteiger partial charge in [0, 0.05) is 18.3 Å². The summed E-state index contributed by atoms with van der Waals surface area (Å²) in [7, 11) is 0. The summed E-state index contributed by atoms with van der Waals surface area (Å²) in [4.78, 5) is 15.2. The number of carbonyl (C=O) groups is 1. The minimum absolute atomic E-state index is 0.143. The number of alkyl halides is 3. The van der Waals surface area contributed by atoms with Crippen molar-refractivity contribution in [1.82, 2.24) is 4.98 Å². The molecule has 0 fully saturated rings. The van der Waals surface area contributed by atoms with Gasteiger partial charge in [-0.05, 0) is 12.1 Å². The maximum atomic E-state index is 13.4. The summed E-state index contributed by atoms with van der Waals surface area (Å²) >= 11 is 0.800. The molecular formula is C14H8F6N2OS. The number of aromatic nitrogens is 1. The molecule has 2 rings (SSSR count). The lowest BCUT2D eigenvalue weighted by Crippen LogP contribution is -2.15. The molecule has 2 aromatic rings. The minimum atomic E-state index is -4.52. The van der Waals surface area contributed by atoms with Gasteiger partial charge in [-0.2, -0.15) is 13.2 Å². The number of hydrogen-bond acceptors (Lipinski definition) is 3. The topological polar surface area (TPSA) is 42.0 Å². The molecule has 0 unspecified atom stereocenters. The molecule has 10 heteroatoms. The van der Waals surface area contributed by atoms with Crippen LogP contribution in [0.2, 0.25) is 0 Å². The van der Waals surface area contributed by atoms with Gasteiger partial charge in [0.25, 0.3) is 0 Å². The highest BCUT2D eigenvalue weighted by atomic mass is 32.2. The summed E-state index contributed by atoms with van der Waals surface area (Å²) in [5, 5.41) is 2.18. The zero-order chi connectivity index (χ0) is 17.9. The second-order valence-electron chi connectivity index (χ2n) is 4.47. The number of carbonyl (C=O) groups excluding carboxylic acids is 1. The fraction of sp³-hybridized carbons (Fsp3) is 0.143. The highest BCUT2D eigenvalue weighted by Gasteiger charge is 2.30. The van der Waals surface area contributed by atoms with Crippen LogP contribution in [0.1, 0.15) is 5.56 Å². The monoisotopic (exact) mass is 366 g/mol. The number of amides is 1. The first-order valence-corrected chi connectivity index (χ1v) is 7.26. The molecule has 1 heterocycles. The molecule has 0 aliphatic carbocycles. The van der Waals surface area contributed by atoms with Crippen molar-refractivity contribution in [3.63, 3.8) is 0 Å². The van der Waals surface area contributed by atoms with E-state index in [4.69, 9.17) is 0 Å². The maximum Gasteiger partial charge on any atom is 0.417 e. The number of thioether (sulfide) groups is 1. The summed E-state index contributed by atoms with van der Waals surface area (Å²) in [6.07, 6.45) is -3.90. The van der Waals surface area contributed by atoms with Gasteiger partial charge in [-0.3, -0.25) is 4.79 Å². The number of nitrogens with one attached hydrogen (secondary N) is 1. The smallest absolute Gasteiger partial charge is 0.323 e. The number of rotatable bonds is 4. The third-order valence-corrected chi connectivity index (χ3v) is 3.64. The summed E-state index contributed by atoms with van der Waals surface area (Å²) in [6, 6.07) is 2.67. The molecule has 1 aromatic carbocycles. The minimum Gasteiger partial charge on any atom is -0.323 e. The molecule has 0 radical (unpaired) electrons. The van der Waals surface area contributed by atoms with E-state index in [1.807, 2.05) is 5.32 Å². The van der Waals surface area contributed by atoms with E-state index in [-0.39, 0.29) is 16.8 Å². The van der Waals surface area contributed by atoms with Gasteiger partial charge in [0.2, 0.25) is 5.91 Å². The van der Waals surface area contributed by atoms with Gasteiger partial charge < -0.3 is 5.32 Å². The Kier molecular flexibility index (Phi) is 5.37. The summed E-state index contributed by atoms with van der Waals surface area (Å²) in [5.41, 5.74) is -1.47. The number of anilines is 1. The van der Waals surface area contributed by atoms with E-state index in [9.17, 15) is 31.1 Å². The van der Waals surface area contributed by atoms with Crippen LogP contribution >= 0.6 is 11.8 Å². The quantitative estimate of drug-likeness (QED) is 0.500. The molecule has 0 saturated heterocycles. The maximum absolute atomic E-state index is 13.4. The van der Waals surface area contributed by atoms with Crippen LogP contribution in [0.5, 0.6) is 0 Å². The van der Waals surface area contributed by atoms with Gasteiger partial charge in [-0.25, -0.2) is 18.2 Å². The Morgan fingerprint density at radius 1 is 1.08 bits per heavy atom. The molecule has 1 aromatic heterocycles. The van der Waals surface area contributed by atoms with Gasteiger partial charge >= 0.3 is 6.18 Å². The number of nitrogens with zero attached hydrogens (tertiary/aromatic N) is 1. The van der Waals surface area contributed by atoms with Crippen LogP contribution in [0, 0.1) is 17.5 Å². The molecule has 0 aliphatic heterocycles. The molecule has 128 valence electrons. The van der Waals surface area contributed by atoms with Crippen LogP contribution in [0.3, 0.4) is 0 Å². The molecule has 24 heavy (non-hydrogen) atoms. The van der Waals surface area contributed by atoms with E-state index in [2.05, 4.69) is 4.98 Å². The molecule has 1 N–H and O–H groups in total. The third kappa shape index (κ3) is 4.63. The standard InChI is InChI=1S/C14H8F6N2OS/c15-8-3-10(17)11(4-9(8)16)22-12(23)6-24-13-2-1-7(5-21-13)14(18,19)20/h1-5H,6H2,(H,22,23). The Bertz CT molecular complexity index is 748. The molecule has 0 atom stereocenters. The molecule has 0 saturated carbocycles. The zero-order valence-electron chi connectivity index (χ0n) is 11.6. The third-order valence-electron chi connectivity index (χ3n) is 2.70. The predicted octanol–water partition coefficient (Wildman–Crippen LogP) is 4.25. The van der Waals surface area contributed by atoms with Crippen LogP contribution in [0.15, 0.2) is 35.5 Å². The lowest BCUT2D eigenvalue weighted by atomic mass is 10.3. The summed E-state index contributed by atoms with van der Waals surface area (Å²) < 4.78 is 76.2. The summed E-state index contributed by atoms with van der Waals surface area (Å²) in [5.74, 6) is -4.94. The Hall–Kier alpha value is -2.23. The van der Waals surface area contributed by atoms with E-state index >= 15 is 0 Å². The van der Waals surface area contributed by atoms with Gasteiger partial charge in [-0.1, -0.05) is 11.8 Å². The summed E-state index contributed by atoms with van der Waals surface area (Å²) in [6.45, 7) is 0. The number of hydrogen-bond donors (Lipinski definition) is 1. The normalized spacial score (nSPS) is 11.4. The van der Waals surface area contributed by atoms with E-state index < -0.39 is 40.8 Å². The lowest BCUT2D eigenvalue weighted by Gasteiger charge is -2.08. The van der Waals surface area contributed by atoms with E-state index in [0.29, 0.717) is 12.3 Å². The van der Waals surface area contributed by atoms with Crippen molar-refractivity contribution in [3.05, 3.63) is 53.5 Å². The van der Waals surface area contributed by atoms with Crippen molar-refractivity contribution < 1.29 is 31.1 Å². The first kappa shape index (κ1) is 18.1. The molecule has 0 aliphatic rings. The first-order valence-electron chi connectivity index (χ1n) is 6.27. The van der Waals surface area contributed by atoms with E-state index in [1.54, 1.807) is 0 Å². The molecule has 0 spiro atoms. The molecule has 3 nitrogen and oxygen atoms in total. The molecule has 0 bridgehead atoms. The van der Waals surface area contributed by atoms with Crippen LogP contribution in [0.25, 0.3) is 0 Å². The average Bonchev–Trinajstić information content (AvgIpc) is 2.50. The van der Waals surface area contributed by atoms with Crippen molar-refractivity contribution in [1.29, 1.82) is 0 Å². The lowest BCUT2D eigenvalue weighted by molar-refractivity contribution is -0.137. The van der Waals surface area contributed by atoms with Gasteiger partial charge in [0.1, 0.15) is 5.82 Å². The first-order chi connectivity index (χ1) is 11.2. The van der Waals surface area contributed by atoms with Gasteiger partial charge in [0.05, 0.1) is 22.0 Å². The van der Waals surface area contributed by atoms with E-state index in [1.165, 1.54) is 0 Å². The van der Waals surface area contributed by atoms with Crippen LogP contribution in [-0.2, 0) is 11.0 Å². The Morgan fingerprint density at radius 3 is 2.33 bits per heavy atom. The van der Waals surface area contributed by atoms with Crippen molar-refractivity contribution >= 4 is 23.4 Å². The fourth-order valence-corrected chi connectivity index (χ4v) is 2.22. The SMILES string of the molecule is O=C(CSc1ccc(C(F)(F)F)cn1)Nc1cc(F)c(F)cc1F. The Balaban J connectivity index is 1.95. The van der Waals surface area contributed by atoms with E-state index in [0.717, 1.165) is 23.9 Å². The van der Waals surface area contributed by atoms with Crippen molar-refractivity contribution in [2.75, 3.05) is 11.1 Å². The highest BCUT2D eigenvalue weighted by Crippen LogP contribution is 2.29. The fourth-order valence-electron chi connectivity index (χ4n) is 1.58. The zero-order valence-corrected chi connectivity index (χ0v) is 12.4. The Morgan fingerprint density at radius 2 is 1.75 bits per heavy atom. The van der Waals surface area contributed by atoms with Crippen molar-refractivity contribution in [3.8, 4) is 0 Å². The van der Waals surface area contributed by atoms with Crippen LogP contribution in [-0.4, -0.2) is 16.6 Å². The van der Waals surface area contributed by atoms with Crippen molar-refractivity contribution in [2.45, 2.75) is 11.2 Å². The highest BCUT2D eigenvalue weighted by molar-refractivity contribution is 7.99. The molecular weight excluding hydrogens is 358 g/mol. The average molecular weight is 366 g/mol. The van der Waals surface area contributed by atoms with Gasteiger partial charge in [0.15, 0.2) is 11.6 Å². The van der Waals surface area contributed by atoms with Crippen molar-refractivity contribution in [2.24, 2.45) is 0 Å². The number of halogens is 6. The second kappa shape index (κ2) is 7.12. The number of pyridine rings is 1.